The number of anilines is 2. The molecule has 0 atom stereocenters. The monoisotopic (exact) mass is 328 g/mol. The number of hydrogen-bond acceptors (Lipinski definition) is 6. The Labute approximate surface area is 140 Å². The molecule has 1 aliphatic heterocycles. The van der Waals surface area contributed by atoms with Crippen molar-refractivity contribution in [3.63, 3.8) is 0 Å². The van der Waals surface area contributed by atoms with Crippen molar-refractivity contribution in [3.05, 3.63) is 36.3 Å². The van der Waals surface area contributed by atoms with Gasteiger partial charge in [-0.1, -0.05) is 0 Å². The standard InChI is InChI=1S/C17H20N4O3/c1-23-12-5-6-13(15(9-12)24-2)20-16-10-14(18-11-19-16)17(22)21-7-3-4-8-21/h5-6,9-11H,3-4,7-8H2,1-2H3,(H,18,19,20). The molecule has 0 aliphatic carbocycles. The van der Waals surface area contributed by atoms with E-state index < -0.39 is 0 Å². The van der Waals surface area contributed by atoms with Crippen LogP contribution in [0.2, 0.25) is 0 Å². The molecule has 24 heavy (non-hydrogen) atoms. The molecule has 0 radical (unpaired) electrons. The minimum Gasteiger partial charge on any atom is -0.497 e. The highest BCUT2D eigenvalue weighted by Gasteiger charge is 2.21. The summed E-state index contributed by atoms with van der Waals surface area (Å²) in [6, 6.07) is 7.09. The Kier molecular flexibility index (Phi) is 4.79. The number of nitrogens with zero attached hydrogens (tertiary/aromatic N) is 3. The zero-order valence-electron chi connectivity index (χ0n) is 13.8. The SMILES string of the molecule is COc1ccc(Nc2cc(C(=O)N3CCCC3)ncn2)c(OC)c1. The molecule has 2 heterocycles. The van der Waals surface area contributed by atoms with E-state index in [4.69, 9.17) is 9.47 Å². The third kappa shape index (κ3) is 3.40. The maximum atomic E-state index is 12.4. The molecular weight excluding hydrogens is 308 g/mol. The first-order valence-electron chi connectivity index (χ1n) is 7.81. The summed E-state index contributed by atoms with van der Waals surface area (Å²) in [6.45, 7) is 1.58. The summed E-state index contributed by atoms with van der Waals surface area (Å²) < 4.78 is 10.5. The molecular formula is C17H20N4O3. The van der Waals surface area contributed by atoms with Gasteiger partial charge in [0.25, 0.3) is 5.91 Å². The van der Waals surface area contributed by atoms with Gasteiger partial charge in [0.15, 0.2) is 0 Å². The van der Waals surface area contributed by atoms with Crippen molar-refractivity contribution in [2.24, 2.45) is 0 Å². The highest BCUT2D eigenvalue weighted by molar-refractivity contribution is 5.93. The predicted octanol–water partition coefficient (Wildman–Crippen LogP) is 2.47. The van der Waals surface area contributed by atoms with Gasteiger partial charge < -0.3 is 19.7 Å². The number of ether oxygens (including phenoxy) is 2. The lowest BCUT2D eigenvalue weighted by Crippen LogP contribution is -2.28. The van der Waals surface area contributed by atoms with E-state index in [1.165, 1.54) is 6.33 Å². The van der Waals surface area contributed by atoms with Crippen molar-refractivity contribution in [1.29, 1.82) is 0 Å². The average molecular weight is 328 g/mol. The summed E-state index contributed by atoms with van der Waals surface area (Å²) in [5.74, 6) is 1.81. The van der Waals surface area contributed by atoms with Crippen molar-refractivity contribution in [3.8, 4) is 11.5 Å². The summed E-state index contributed by atoms with van der Waals surface area (Å²) in [5.41, 5.74) is 1.12. The van der Waals surface area contributed by atoms with Gasteiger partial charge in [0.1, 0.15) is 29.3 Å². The number of aromatic nitrogens is 2. The van der Waals surface area contributed by atoms with Gasteiger partial charge in [0, 0.05) is 25.2 Å². The number of hydrogen-bond donors (Lipinski definition) is 1. The molecule has 1 aliphatic rings. The normalized spacial score (nSPS) is 13.7. The Hall–Kier alpha value is -2.83. The molecule has 0 spiro atoms. The second kappa shape index (κ2) is 7.16. The van der Waals surface area contributed by atoms with Crippen LogP contribution in [0.4, 0.5) is 11.5 Å². The maximum absolute atomic E-state index is 12.4. The molecule has 3 rings (SSSR count). The molecule has 0 bridgehead atoms. The molecule has 1 fully saturated rings. The lowest BCUT2D eigenvalue weighted by molar-refractivity contribution is 0.0787. The smallest absolute Gasteiger partial charge is 0.272 e. The van der Waals surface area contributed by atoms with Gasteiger partial charge in [-0.05, 0) is 25.0 Å². The quantitative estimate of drug-likeness (QED) is 0.908. The first-order valence-corrected chi connectivity index (χ1v) is 7.81. The number of rotatable bonds is 5. The van der Waals surface area contributed by atoms with Crippen molar-refractivity contribution in [1.82, 2.24) is 14.9 Å². The van der Waals surface area contributed by atoms with Gasteiger partial charge in [-0.25, -0.2) is 9.97 Å². The lowest BCUT2D eigenvalue weighted by Gasteiger charge is -2.15. The Morgan fingerprint density at radius 2 is 1.92 bits per heavy atom. The highest BCUT2D eigenvalue weighted by Crippen LogP contribution is 2.31. The molecule has 126 valence electrons. The minimum atomic E-state index is -0.0559. The molecule has 1 saturated heterocycles. The van der Waals surface area contributed by atoms with Gasteiger partial charge in [0.05, 0.1) is 19.9 Å². The van der Waals surface area contributed by atoms with Crippen LogP contribution in [-0.4, -0.2) is 48.1 Å². The van der Waals surface area contributed by atoms with Crippen molar-refractivity contribution in [2.75, 3.05) is 32.6 Å². The van der Waals surface area contributed by atoms with Crippen LogP contribution in [0.3, 0.4) is 0 Å². The van der Waals surface area contributed by atoms with Crippen LogP contribution in [0.1, 0.15) is 23.3 Å². The first kappa shape index (κ1) is 16.0. The van der Waals surface area contributed by atoms with Crippen molar-refractivity contribution in [2.45, 2.75) is 12.8 Å². The zero-order valence-corrected chi connectivity index (χ0v) is 13.8. The van der Waals surface area contributed by atoms with E-state index in [1.54, 1.807) is 26.4 Å². The van der Waals surface area contributed by atoms with Gasteiger partial charge in [-0.15, -0.1) is 0 Å². The number of carbonyl (C=O) groups excluding carboxylic acids is 1. The number of amides is 1. The topological polar surface area (TPSA) is 76.6 Å². The molecule has 7 nitrogen and oxygen atoms in total. The first-order chi connectivity index (χ1) is 11.7. The third-order valence-electron chi connectivity index (χ3n) is 3.95. The molecule has 1 N–H and O–H groups in total. The fraction of sp³-hybridized carbons (Fsp3) is 0.353. The fourth-order valence-corrected chi connectivity index (χ4v) is 2.66. The Balaban J connectivity index is 1.81. The summed E-state index contributed by atoms with van der Waals surface area (Å²) in [5, 5.41) is 3.16. The summed E-state index contributed by atoms with van der Waals surface area (Å²) >= 11 is 0. The molecule has 0 saturated carbocycles. The molecule has 7 heteroatoms. The Morgan fingerprint density at radius 1 is 1.12 bits per heavy atom. The average Bonchev–Trinajstić information content (AvgIpc) is 3.16. The number of carbonyl (C=O) groups is 1. The van der Waals surface area contributed by atoms with Crippen molar-refractivity contribution >= 4 is 17.4 Å². The number of methoxy groups -OCH3 is 2. The van der Waals surface area contributed by atoms with Crippen LogP contribution in [0.15, 0.2) is 30.6 Å². The van der Waals surface area contributed by atoms with Crippen LogP contribution in [-0.2, 0) is 0 Å². The second-order valence-corrected chi connectivity index (χ2v) is 5.48. The van der Waals surface area contributed by atoms with E-state index >= 15 is 0 Å². The molecule has 0 unspecified atom stereocenters. The molecule has 1 aromatic carbocycles. The van der Waals surface area contributed by atoms with Gasteiger partial charge >= 0.3 is 0 Å². The van der Waals surface area contributed by atoms with Crippen LogP contribution in [0.5, 0.6) is 11.5 Å². The number of benzene rings is 1. The fourth-order valence-electron chi connectivity index (χ4n) is 2.66. The summed E-state index contributed by atoms with van der Waals surface area (Å²) in [4.78, 5) is 22.5. The van der Waals surface area contributed by atoms with Gasteiger partial charge in [-0.3, -0.25) is 4.79 Å². The van der Waals surface area contributed by atoms with E-state index in [0.29, 0.717) is 23.0 Å². The number of likely N-dealkylation sites (tertiary alicyclic amines) is 1. The van der Waals surface area contributed by atoms with E-state index in [-0.39, 0.29) is 5.91 Å². The molecule has 2 aromatic rings. The molecule has 1 amide bonds. The zero-order chi connectivity index (χ0) is 16.9. The second-order valence-electron chi connectivity index (χ2n) is 5.48. The van der Waals surface area contributed by atoms with Gasteiger partial charge in [0.2, 0.25) is 0 Å². The highest BCUT2D eigenvalue weighted by atomic mass is 16.5. The summed E-state index contributed by atoms with van der Waals surface area (Å²) in [6.07, 6.45) is 3.48. The van der Waals surface area contributed by atoms with E-state index in [9.17, 15) is 4.79 Å². The summed E-state index contributed by atoms with van der Waals surface area (Å²) in [7, 11) is 3.19. The Morgan fingerprint density at radius 3 is 2.62 bits per heavy atom. The van der Waals surface area contributed by atoms with Gasteiger partial charge in [-0.2, -0.15) is 0 Å². The van der Waals surface area contributed by atoms with Crippen LogP contribution >= 0.6 is 0 Å². The van der Waals surface area contributed by atoms with E-state index in [1.807, 2.05) is 17.0 Å². The minimum absolute atomic E-state index is 0.0559. The van der Waals surface area contributed by atoms with Crippen LogP contribution in [0, 0.1) is 0 Å². The Bertz CT molecular complexity index is 730. The largest absolute Gasteiger partial charge is 0.497 e. The molecule has 1 aromatic heterocycles. The van der Waals surface area contributed by atoms with E-state index in [2.05, 4.69) is 15.3 Å². The van der Waals surface area contributed by atoms with Crippen LogP contribution < -0.4 is 14.8 Å². The van der Waals surface area contributed by atoms with Crippen LogP contribution in [0.25, 0.3) is 0 Å². The number of nitrogens with one attached hydrogen (secondary N) is 1. The predicted molar refractivity (Wildman–Crippen MR) is 90.0 cm³/mol. The van der Waals surface area contributed by atoms with Crippen molar-refractivity contribution < 1.29 is 14.3 Å². The lowest BCUT2D eigenvalue weighted by atomic mass is 10.2. The maximum Gasteiger partial charge on any atom is 0.272 e. The third-order valence-corrected chi connectivity index (χ3v) is 3.95. The van der Waals surface area contributed by atoms with E-state index in [0.717, 1.165) is 31.6 Å².